The minimum Gasteiger partial charge on any atom is -0.375 e. The van der Waals surface area contributed by atoms with Crippen LogP contribution in [0, 0.1) is 5.41 Å². The number of aromatic amines is 1. The van der Waals surface area contributed by atoms with Gasteiger partial charge in [-0.25, -0.2) is 4.98 Å². The van der Waals surface area contributed by atoms with E-state index in [1.807, 2.05) is 13.8 Å². The van der Waals surface area contributed by atoms with Gasteiger partial charge in [-0.1, -0.05) is 6.92 Å². The van der Waals surface area contributed by atoms with Gasteiger partial charge in [0.25, 0.3) is 0 Å². The lowest BCUT2D eigenvalue weighted by molar-refractivity contribution is 0.131. The van der Waals surface area contributed by atoms with Gasteiger partial charge in [-0.2, -0.15) is 0 Å². The van der Waals surface area contributed by atoms with Crippen molar-refractivity contribution in [1.29, 1.82) is 5.41 Å². The number of H-pyrrole nitrogens is 1. The number of rotatable bonds is 6. The van der Waals surface area contributed by atoms with Gasteiger partial charge in [0.2, 0.25) is 0 Å². The minimum atomic E-state index is 0.558. The maximum absolute atomic E-state index is 7.45. The first-order chi connectivity index (χ1) is 7.26. The van der Waals surface area contributed by atoms with Crippen LogP contribution < -0.4 is 0 Å². The van der Waals surface area contributed by atoms with Gasteiger partial charge < -0.3 is 15.1 Å². The number of hydrogen-bond donors (Lipinski definition) is 2. The summed E-state index contributed by atoms with van der Waals surface area (Å²) in [4.78, 5) is 7.26. The summed E-state index contributed by atoms with van der Waals surface area (Å²) < 4.78 is 5.24. The Morgan fingerprint density at radius 2 is 2.40 bits per heavy atom. The van der Waals surface area contributed by atoms with E-state index in [4.69, 9.17) is 10.1 Å². The second kappa shape index (κ2) is 6.14. The molecular formula is C11H17N3O. The number of aromatic nitrogens is 2. The summed E-state index contributed by atoms with van der Waals surface area (Å²) >= 11 is 0. The second-order valence-electron chi connectivity index (χ2n) is 3.14. The molecule has 1 rings (SSSR count). The Bertz CT molecular complexity index is 341. The molecule has 0 atom stereocenters. The summed E-state index contributed by atoms with van der Waals surface area (Å²) in [5.74, 6) is 0.767. The molecule has 0 bridgehead atoms. The van der Waals surface area contributed by atoms with Crippen LogP contribution in [0.4, 0.5) is 0 Å². The SMILES string of the molecule is CCOCc1cnc(/C=C\C(=N)CC)[nH]1. The summed E-state index contributed by atoms with van der Waals surface area (Å²) in [5.41, 5.74) is 1.55. The predicted octanol–water partition coefficient (Wildman–Crippen LogP) is 2.39. The molecule has 0 saturated heterocycles. The Hall–Kier alpha value is -1.42. The zero-order valence-electron chi connectivity index (χ0n) is 9.21. The van der Waals surface area contributed by atoms with Crippen molar-refractivity contribution in [2.24, 2.45) is 0 Å². The van der Waals surface area contributed by atoms with Crippen LogP contribution in [0.3, 0.4) is 0 Å². The minimum absolute atomic E-state index is 0.558. The summed E-state index contributed by atoms with van der Waals surface area (Å²) in [6, 6.07) is 0. The van der Waals surface area contributed by atoms with Gasteiger partial charge in [-0.15, -0.1) is 0 Å². The maximum Gasteiger partial charge on any atom is 0.130 e. The predicted molar refractivity (Wildman–Crippen MR) is 61.0 cm³/mol. The van der Waals surface area contributed by atoms with E-state index < -0.39 is 0 Å². The lowest BCUT2D eigenvalue weighted by Gasteiger charge is -1.95. The Balaban J connectivity index is 2.52. The number of imidazole rings is 1. The van der Waals surface area contributed by atoms with Crippen molar-refractivity contribution in [3.8, 4) is 0 Å². The molecule has 0 saturated carbocycles. The molecule has 4 heteroatoms. The number of nitrogens with one attached hydrogen (secondary N) is 2. The lowest BCUT2D eigenvalue weighted by Crippen LogP contribution is -1.91. The first-order valence-electron chi connectivity index (χ1n) is 5.13. The van der Waals surface area contributed by atoms with E-state index in [9.17, 15) is 0 Å². The molecule has 2 N–H and O–H groups in total. The van der Waals surface area contributed by atoms with Crippen molar-refractivity contribution in [1.82, 2.24) is 9.97 Å². The largest absolute Gasteiger partial charge is 0.375 e. The van der Waals surface area contributed by atoms with Crippen LogP contribution in [-0.2, 0) is 11.3 Å². The average Bonchev–Trinajstić information content (AvgIpc) is 2.71. The molecule has 0 radical (unpaired) electrons. The van der Waals surface area contributed by atoms with Crippen molar-refractivity contribution in [2.45, 2.75) is 26.9 Å². The quantitative estimate of drug-likeness (QED) is 0.703. The van der Waals surface area contributed by atoms with E-state index in [1.165, 1.54) is 0 Å². The molecule has 0 aromatic carbocycles. The van der Waals surface area contributed by atoms with Gasteiger partial charge in [0, 0.05) is 12.3 Å². The molecule has 15 heavy (non-hydrogen) atoms. The number of ether oxygens (including phenoxy) is 1. The van der Waals surface area contributed by atoms with Crippen molar-refractivity contribution < 1.29 is 4.74 Å². The molecule has 0 fully saturated rings. The monoisotopic (exact) mass is 207 g/mol. The number of hydrogen-bond acceptors (Lipinski definition) is 3. The Morgan fingerprint density at radius 1 is 1.60 bits per heavy atom. The van der Waals surface area contributed by atoms with Crippen LogP contribution in [0.2, 0.25) is 0 Å². The molecule has 1 aromatic rings. The third-order valence-electron chi connectivity index (χ3n) is 1.93. The summed E-state index contributed by atoms with van der Waals surface area (Å²) in [6.45, 7) is 5.17. The molecule has 0 amide bonds. The van der Waals surface area contributed by atoms with E-state index in [-0.39, 0.29) is 0 Å². The molecule has 0 aliphatic heterocycles. The molecule has 82 valence electrons. The zero-order valence-corrected chi connectivity index (χ0v) is 9.21. The summed E-state index contributed by atoms with van der Waals surface area (Å²) in [5, 5.41) is 7.45. The number of nitrogens with zero attached hydrogens (tertiary/aromatic N) is 1. The summed E-state index contributed by atoms with van der Waals surface area (Å²) in [7, 11) is 0. The fourth-order valence-electron chi connectivity index (χ4n) is 1.04. The molecule has 0 aliphatic carbocycles. The van der Waals surface area contributed by atoms with Crippen molar-refractivity contribution >= 4 is 11.8 Å². The molecule has 1 heterocycles. The molecule has 4 nitrogen and oxygen atoms in total. The zero-order chi connectivity index (χ0) is 11.1. The van der Waals surface area contributed by atoms with Gasteiger partial charge in [0.1, 0.15) is 5.82 Å². The van der Waals surface area contributed by atoms with Gasteiger partial charge in [-0.3, -0.25) is 0 Å². The fraction of sp³-hybridized carbons (Fsp3) is 0.455. The first-order valence-corrected chi connectivity index (χ1v) is 5.13. The van der Waals surface area contributed by atoms with E-state index >= 15 is 0 Å². The van der Waals surface area contributed by atoms with Gasteiger partial charge in [0.15, 0.2) is 0 Å². The topological polar surface area (TPSA) is 61.8 Å². The van der Waals surface area contributed by atoms with E-state index in [2.05, 4.69) is 9.97 Å². The van der Waals surface area contributed by atoms with Gasteiger partial charge in [0.05, 0.1) is 18.5 Å². The second-order valence-corrected chi connectivity index (χ2v) is 3.14. The maximum atomic E-state index is 7.45. The molecule has 1 aromatic heterocycles. The van der Waals surface area contributed by atoms with Crippen molar-refractivity contribution in [3.63, 3.8) is 0 Å². The van der Waals surface area contributed by atoms with Gasteiger partial charge in [-0.05, 0) is 25.5 Å². The van der Waals surface area contributed by atoms with Crippen LogP contribution in [0.15, 0.2) is 12.3 Å². The highest BCUT2D eigenvalue weighted by Gasteiger charge is 1.97. The van der Waals surface area contributed by atoms with Crippen LogP contribution in [0.25, 0.3) is 6.08 Å². The standard InChI is InChI=1S/C11H17N3O/c1-3-9(12)5-6-11-13-7-10(14-11)8-15-4-2/h5-7,12H,3-4,8H2,1-2H3,(H,13,14)/b6-5-,12-9?. The third kappa shape index (κ3) is 4.08. The van der Waals surface area contributed by atoms with E-state index in [1.54, 1.807) is 18.3 Å². The molecule has 0 spiro atoms. The molecule has 0 aliphatic rings. The van der Waals surface area contributed by atoms with Crippen LogP contribution in [-0.4, -0.2) is 22.3 Å². The van der Waals surface area contributed by atoms with Crippen LogP contribution in [0.1, 0.15) is 31.8 Å². The lowest BCUT2D eigenvalue weighted by atomic mass is 10.3. The average molecular weight is 207 g/mol. The highest BCUT2D eigenvalue weighted by Crippen LogP contribution is 2.01. The smallest absolute Gasteiger partial charge is 0.130 e. The Kier molecular flexibility index (Phi) is 4.77. The summed E-state index contributed by atoms with van der Waals surface area (Å²) in [6.07, 6.45) is 6.05. The van der Waals surface area contributed by atoms with Crippen LogP contribution in [0.5, 0.6) is 0 Å². The fourth-order valence-corrected chi connectivity index (χ4v) is 1.04. The third-order valence-corrected chi connectivity index (χ3v) is 1.93. The highest BCUT2D eigenvalue weighted by molar-refractivity contribution is 5.95. The normalized spacial score (nSPS) is 11.1. The first kappa shape index (κ1) is 11.7. The number of allylic oxidation sites excluding steroid dienone is 1. The Labute approximate surface area is 89.9 Å². The van der Waals surface area contributed by atoms with Crippen molar-refractivity contribution in [2.75, 3.05) is 6.61 Å². The van der Waals surface area contributed by atoms with E-state index in [0.29, 0.717) is 18.9 Å². The van der Waals surface area contributed by atoms with Crippen molar-refractivity contribution in [3.05, 3.63) is 23.8 Å². The highest BCUT2D eigenvalue weighted by atomic mass is 16.5. The van der Waals surface area contributed by atoms with Crippen LogP contribution >= 0.6 is 0 Å². The molecular weight excluding hydrogens is 190 g/mol. The Morgan fingerprint density at radius 3 is 3.07 bits per heavy atom. The molecule has 0 unspecified atom stereocenters. The van der Waals surface area contributed by atoms with E-state index in [0.717, 1.165) is 17.9 Å². The van der Waals surface area contributed by atoms with Gasteiger partial charge >= 0.3 is 0 Å².